The number of ether oxygens (including phenoxy) is 3. The molecule has 1 aliphatic rings. The molecule has 2 heterocycles. The maximum Gasteiger partial charge on any atom is 0.338 e. The van der Waals surface area contributed by atoms with Crippen LogP contribution < -0.4 is 14.8 Å². The molecule has 160 valence electrons. The van der Waals surface area contributed by atoms with Gasteiger partial charge in [-0.2, -0.15) is 10.1 Å². The number of rotatable bonds is 6. The molecule has 8 heteroatoms. The van der Waals surface area contributed by atoms with Crippen molar-refractivity contribution in [1.82, 2.24) is 14.8 Å². The first-order valence-corrected chi connectivity index (χ1v) is 9.96. The Morgan fingerprint density at radius 3 is 2.52 bits per heavy atom. The second-order valence-corrected chi connectivity index (χ2v) is 6.94. The number of anilines is 1. The first-order valence-electron chi connectivity index (χ1n) is 9.96. The van der Waals surface area contributed by atoms with Crippen LogP contribution in [0.2, 0.25) is 0 Å². The molecular weight excluding hydrogens is 396 g/mol. The summed E-state index contributed by atoms with van der Waals surface area (Å²) in [6.45, 7) is 3.85. The van der Waals surface area contributed by atoms with E-state index in [2.05, 4.69) is 15.4 Å². The van der Waals surface area contributed by atoms with Gasteiger partial charge in [-0.1, -0.05) is 36.4 Å². The molecule has 1 unspecified atom stereocenters. The van der Waals surface area contributed by atoms with E-state index in [1.807, 2.05) is 55.5 Å². The van der Waals surface area contributed by atoms with Crippen molar-refractivity contribution in [2.75, 3.05) is 26.1 Å². The summed E-state index contributed by atoms with van der Waals surface area (Å²) in [6.07, 6.45) is 0. The lowest BCUT2D eigenvalue weighted by Gasteiger charge is -2.29. The maximum absolute atomic E-state index is 13.2. The van der Waals surface area contributed by atoms with Crippen molar-refractivity contribution in [2.45, 2.75) is 19.9 Å². The molecule has 1 atom stereocenters. The van der Waals surface area contributed by atoms with Gasteiger partial charge in [0.2, 0.25) is 5.95 Å². The maximum atomic E-state index is 13.2. The smallest absolute Gasteiger partial charge is 0.338 e. The Morgan fingerprint density at radius 1 is 1.10 bits per heavy atom. The van der Waals surface area contributed by atoms with Crippen LogP contribution in [0.3, 0.4) is 0 Å². The number of nitrogens with one attached hydrogen (secondary N) is 1. The number of aryl methyl sites for hydroxylation is 1. The first kappa shape index (κ1) is 20.5. The molecule has 0 radical (unpaired) electrons. The fourth-order valence-electron chi connectivity index (χ4n) is 3.72. The van der Waals surface area contributed by atoms with E-state index in [-0.39, 0.29) is 6.61 Å². The number of fused-ring (bicyclic) bond motifs is 1. The molecule has 0 aliphatic carbocycles. The molecule has 2 aromatic carbocycles. The summed E-state index contributed by atoms with van der Waals surface area (Å²) in [5, 5.41) is 7.84. The van der Waals surface area contributed by atoms with Gasteiger partial charge >= 0.3 is 5.97 Å². The van der Waals surface area contributed by atoms with Crippen LogP contribution in [-0.2, 0) is 9.53 Å². The number of carbonyl (C=O) groups excluding carboxylic acids is 1. The Balaban J connectivity index is 1.98. The van der Waals surface area contributed by atoms with E-state index >= 15 is 0 Å². The Bertz CT molecular complexity index is 1140. The zero-order valence-electron chi connectivity index (χ0n) is 17.9. The molecule has 4 rings (SSSR count). The molecule has 8 nitrogen and oxygen atoms in total. The minimum Gasteiger partial charge on any atom is -0.493 e. The fraction of sp³-hybridized carbons (Fsp3) is 0.261. The van der Waals surface area contributed by atoms with Gasteiger partial charge in [0.05, 0.1) is 32.1 Å². The topological polar surface area (TPSA) is 87.5 Å². The highest BCUT2D eigenvalue weighted by Crippen LogP contribution is 2.41. The van der Waals surface area contributed by atoms with Gasteiger partial charge in [0.15, 0.2) is 11.5 Å². The van der Waals surface area contributed by atoms with Crippen LogP contribution >= 0.6 is 0 Å². The van der Waals surface area contributed by atoms with E-state index < -0.39 is 12.0 Å². The summed E-state index contributed by atoms with van der Waals surface area (Å²) in [7, 11) is 3.16. The van der Waals surface area contributed by atoms with Crippen LogP contribution in [0.4, 0.5) is 5.95 Å². The molecule has 0 fully saturated rings. The SMILES string of the molecule is CCOC(=O)C1=C(c2ccccc2)Nc2nc(C)nn2C1c1ccc(OC)c(OC)c1. The molecule has 1 N–H and O–H groups in total. The zero-order chi connectivity index (χ0) is 22.0. The molecule has 1 aliphatic heterocycles. The minimum absolute atomic E-state index is 0.256. The quantitative estimate of drug-likeness (QED) is 0.610. The number of esters is 1. The van der Waals surface area contributed by atoms with Gasteiger partial charge < -0.3 is 19.5 Å². The number of hydrogen-bond acceptors (Lipinski definition) is 7. The van der Waals surface area contributed by atoms with Gasteiger partial charge in [-0.25, -0.2) is 9.48 Å². The van der Waals surface area contributed by atoms with E-state index in [1.165, 1.54) is 0 Å². The molecule has 0 spiro atoms. The monoisotopic (exact) mass is 420 g/mol. The zero-order valence-corrected chi connectivity index (χ0v) is 17.9. The third-order valence-corrected chi connectivity index (χ3v) is 5.04. The highest BCUT2D eigenvalue weighted by molar-refractivity contribution is 6.02. The van der Waals surface area contributed by atoms with Crippen molar-refractivity contribution in [3.05, 3.63) is 71.1 Å². The minimum atomic E-state index is -0.563. The van der Waals surface area contributed by atoms with E-state index in [0.717, 1.165) is 11.1 Å². The second-order valence-electron chi connectivity index (χ2n) is 6.94. The number of aromatic nitrogens is 3. The number of methoxy groups -OCH3 is 2. The van der Waals surface area contributed by atoms with Crippen molar-refractivity contribution in [1.29, 1.82) is 0 Å². The summed E-state index contributed by atoms with van der Waals surface area (Å²) in [6, 6.07) is 14.6. The molecule has 0 bridgehead atoms. The Hall–Kier alpha value is -3.81. The average molecular weight is 420 g/mol. The van der Waals surface area contributed by atoms with Gasteiger partial charge in [0, 0.05) is 0 Å². The lowest BCUT2D eigenvalue weighted by atomic mass is 9.92. The van der Waals surface area contributed by atoms with Crippen molar-refractivity contribution in [3.8, 4) is 11.5 Å². The van der Waals surface area contributed by atoms with E-state index in [0.29, 0.717) is 34.5 Å². The van der Waals surface area contributed by atoms with Crippen LogP contribution in [0.25, 0.3) is 5.70 Å². The molecule has 0 amide bonds. The Labute approximate surface area is 180 Å². The van der Waals surface area contributed by atoms with Crippen molar-refractivity contribution >= 4 is 17.6 Å². The summed E-state index contributed by atoms with van der Waals surface area (Å²) in [5.74, 6) is 1.86. The Morgan fingerprint density at radius 2 is 1.84 bits per heavy atom. The molecule has 3 aromatic rings. The predicted molar refractivity (Wildman–Crippen MR) is 116 cm³/mol. The largest absolute Gasteiger partial charge is 0.493 e. The number of carbonyl (C=O) groups is 1. The normalized spacial score (nSPS) is 15.2. The Kier molecular flexibility index (Phi) is 5.62. The summed E-state index contributed by atoms with van der Waals surface area (Å²) in [5.41, 5.74) is 2.72. The highest BCUT2D eigenvalue weighted by Gasteiger charge is 2.37. The van der Waals surface area contributed by atoms with E-state index in [4.69, 9.17) is 14.2 Å². The molecule has 1 aromatic heterocycles. The summed E-state index contributed by atoms with van der Waals surface area (Å²) < 4.78 is 18.0. The molecule has 0 saturated carbocycles. The standard InChI is InChI=1S/C23H24N4O4/c1-5-31-22(28)19-20(15-9-7-6-8-10-15)25-23-24-14(2)26-27(23)21(19)16-11-12-17(29-3)18(13-16)30-4/h6-13,21H,5H2,1-4H3,(H,24,25,26). The van der Waals surface area contributed by atoms with Gasteiger partial charge in [-0.3, -0.25) is 0 Å². The van der Waals surface area contributed by atoms with Crippen LogP contribution in [0, 0.1) is 6.92 Å². The lowest BCUT2D eigenvalue weighted by Crippen LogP contribution is -2.30. The highest BCUT2D eigenvalue weighted by atomic mass is 16.5. The second kappa shape index (κ2) is 8.51. The van der Waals surface area contributed by atoms with Crippen LogP contribution in [0.5, 0.6) is 11.5 Å². The summed E-state index contributed by atoms with van der Waals surface area (Å²) >= 11 is 0. The third-order valence-electron chi connectivity index (χ3n) is 5.04. The average Bonchev–Trinajstić information content (AvgIpc) is 3.17. The van der Waals surface area contributed by atoms with Crippen LogP contribution in [-0.4, -0.2) is 41.6 Å². The third kappa shape index (κ3) is 3.72. The fourth-order valence-corrected chi connectivity index (χ4v) is 3.72. The van der Waals surface area contributed by atoms with Gasteiger partial charge in [-0.15, -0.1) is 0 Å². The first-order chi connectivity index (χ1) is 15.1. The number of nitrogens with zero attached hydrogens (tertiary/aromatic N) is 3. The van der Waals surface area contributed by atoms with Gasteiger partial charge in [-0.05, 0) is 37.1 Å². The molecule has 0 saturated heterocycles. The van der Waals surface area contributed by atoms with Crippen molar-refractivity contribution < 1.29 is 19.0 Å². The van der Waals surface area contributed by atoms with Crippen LogP contribution in [0.15, 0.2) is 54.1 Å². The molecular formula is C23H24N4O4. The van der Waals surface area contributed by atoms with Gasteiger partial charge in [0.25, 0.3) is 0 Å². The van der Waals surface area contributed by atoms with Crippen molar-refractivity contribution in [3.63, 3.8) is 0 Å². The lowest BCUT2D eigenvalue weighted by molar-refractivity contribution is -0.138. The van der Waals surface area contributed by atoms with Gasteiger partial charge in [0.1, 0.15) is 11.9 Å². The van der Waals surface area contributed by atoms with Crippen LogP contribution in [0.1, 0.15) is 29.9 Å². The number of benzene rings is 2. The van der Waals surface area contributed by atoms with E-state index in [9.17, 15) is 4.79 Å². The molecule has 31 heavy (non-hydrogen) atoms. The predicted octanol–water partition coefficient (Wildman–Crippen LogP) is 3.59. The summed E-state index contributed by atoms with van der Waals surface area (Å²) in [4.78, 5) is 17.7. The van der Waals surface area contributed by atoms with E-state index in [1.54, 1.807) is 25.8 Å². The van der Waals surface area contributed by atoms with Crippen molar-refractivity contribution in [2.24, 2.45) is 0 Å². The number of hydrogen-bond donors (Lipinski definition) is 1.